The van der Waals surface area contributed by atoms with Gasteiger partial charge in [-0.15, -0.1) is 0 Å². The van der Waals surface area contributed by atoms with E-state index in [0.29, 0.717) is 12.4 Å². The van der Waals surface area contributed by atoms with E-state index in [1.807, 2.05) is 35.9 Å². The number of carbonyl (C=O) groups is 1. The quantitative estimate of drug-likeness (QED) is 0.539. The highest BCUT2D eigenvalue weighted by Crippen LogP contribution is 2.24. The fourth-order valence-electron chi connectivity index (χ4n) is 3.08. The van der Waals surface area contributed by atoms with Crippen LogP contribution in [0.1, 0.15) is 18.1 Å². The number of carbonyl (C=O) groups excluding carboxylic acids is 1. The zero-order chi connectivity index (χ0) is 20.4. The van der Waals surface area contributed by atoms with E-state index in [-0.39, 0.29) is 30.1 Å². The Morgan fingerprint density at radius 3 is 2.83 bits per heavy atom. The average molecular weight is 396 g/mol. The molecule has 0 radical (unpaired) electrons. The third-order valence-corrected chi connectivity index (χ3v) is 4.64. The molecule has 2 heterocycles. The van der Waals surface area contributed by atoms with Gasteiger partial charge in [-0.1, -0.05) is 12.1 Å². The van der Waals surface area contributed by atoms with E-state index in [1.54, 1.807) is 0 Å². The molecule has 0 fully saturated rings. The first kappa shape index (κ1) is 18.8. The van der Waals surface area contributed by atoms with Crippen LogP contribution in [-0.2, 0) is 24.8 Å². The third kappa shape index (κ3) is 4.01. The maximum atomic E-state index is 13.8. The van der Waals surface area contributed by atoms with Crippen LogP contribution < -0.4 is 5.32 Å². The first-order chi connectivity index (χ1) is 14.0. The molecule has 1 N–H and O–H groups in total. The van der Waals surface area contributed by atoms with Crippen LogP contribution >= 0.6 is 0 Å². The fraction of sp³-hybridized carbons (Fsp3) is 0.190. The second kappa shape index (κ2) is 7.83. The van der Waals surface area contributed by atoms with Crippen molar-refractivity contribution in [2.24, 2.45) is 7.05 Å². The van der Waals surface area contributed by atoms with E-state index >= 15 is 0 Å². The van der Waals surface area contributed by atoms with Crippen molar-refractivity contribution in [2.45, 2.75) is 19.4 Å². The number of oxazole rings is 1. The lowest BCUT2D eigenvalue weighted by Crippen LogP contribution is -2.24. The summed E-state index contributed by atoms with van der Waals surface area (Å²) in [5.74, 6) is -0.315. The first-order valence-electron chi connectivity index (χ1n) is 9.08. The van der Waals surface area contributed by atoms with Gasteiger partial charge >= 0.3 is 0 Å². The van der Waals surface area contributed by atoms with Crippen LogP contribution in [0.4, 0.5) is 8.78 Å². The smallest absolute Gasteiger partial charge is 0.220 e. The second-order valence-electron chi connectivity index (χ2n) is 6.59. The molecule has 2 aromatic heterocycles. The summed E-state index contributed by atoms with van der Waals surface area (Å²) < 4.78 is 34.3. The summed E-state index contributed by atoms with van der Waals surface area (Å²) in [5.41, 5.74) is 1.99. The minimum Gasteiger partial charge on any atom is -0.441 e. The molecule has 0 aliphatic heterocycles. The number of hydrogen-bond donors (Lipinski definition) is 1. The molecule has 0 aliphatic carbocycles. The molecule has 8 heteroatoms. The molecular weight excluding hydrogens is 378 g/mol. The molecule has 0 aliphatic rings. The summed E-state index contributed by atoms with van der Waals surface area (Å²) in [4.78, 5) is 20.7. The summed E-state index contributed by atoms with van der Waals surface area (Å²) in [7, 11) is 1.90. The summed E-state index contributed by atoms with van der Waals surface area (Å²) in [6.45, 7) is 0.307. The van der Waals surface area contributed by atoms with Gasteiger partial charge < -0.3 is 14.3 Å². The second-order valence-corrected chi connectivity index (χ2v) is 6.59. The minimum atomic E-state index is -0.729. The Labute approximate surface area is 165 Å². The highest BCUT2D eigenvalue weighted by Gasteiger charge is 2.13. The number of hydrogen-bond acceptors (Lipinski definition) is 4. The van der Waals surface area contributed by atoms with Gasteiger partial charge in [-0.05, 0) is 24.3 Å². The van der Waals surface area contributed by atoms with Crippen LogP contribution in [0.3, 0.4) is 0 Å². The van der Waals surface area contributed by atoms with E-state index in [4.69, 9.17) is 4.42 Å². The molecule has 0 spiro atoms. The lowest BCUT2D eigenvalue weighted by molar-refractivity contribution is -0.121. The van der Waals surface area contributed by atoms with Crippen molar-refractivity contribution in [3.8, 4) is 11.3 Å². The van der Waals surface area contributed by atoms with Crippen molar-refractivity contribution < 1.29 is 18.0 Å². The summed E-state index contributed by atoms with van der Waals surface area (Å²) in [5, 5.41) is 2.83. The van der Waals surface area contributed by atoms with Gasteiger partial charge in [0.15, 0.2) is 11.7 Å². The molecule has 0 bridgehead atoms. The molecule has 4 aromatic rings. The van der Waals surface area contributed by atoms with Crippen molar-refractivity contribution in [2.75, 3.05) is 0 Å². The first-order valence-corrected chi connectivity index (χ1v) is 9.08. The van der Waals surface area contributed by atoms with Crippen LogP contribution in [0.25, 0.3) is 22.4 Å². The Morgan fingerprint density at radius 1 is 1.21 bits per heavy atom. The van der Waals surface area contributed by atoms with E-state index in [0.717, 1.165) is 29.0 Å². The Kier molecular flexibility index (Phi) is 5.07. The summed E-state index contributed by atoms with van der Waals surface area (Å²) in [6, 6.07) is 11.0. The number of amides is 1. The Morgan fingerprint density at radius 2 is 2.03 bits per heavy atom. The lowest BCUT2D eigenvalue weighted by Gasteiger charge is -2.05. The Bertz CT molecular complexity index is 1180. The van der Waals surface area contributed by atoms with Gasteiger partial charge in [0.25, 0.3) is 0 Å². The number of halogens is 2. The number of nitrogens with one attached hydrogen (secondary N) is 1. The molecule has 29 heavy (non-hydrogen) atoms. The molecule has 0 saturated heterocycles. The van der Waals surface area contributed by atoms with Gasteiger partial charge in [-0.2, -0.15) is 0 Å². The Balaban J connectivity index is 1.34. The molecule has 0 saturated carbocycles. The number of nitrogens with zero attached hydrogens (tertiary/aromatic N) is 3. The average Bonchev–Trinajstić information content (AvgIpc) is 3.30. The van der Waals surface area contributed by atoms with Crippen LogP contribution in [0.2, 0.25) is 0 Å². The van der Waals surface area contributed by atoms with Gasteiger partial charge in [-0.3, -0.25) is 4.79 Å². The zero-order valence-electron chi connectivity index (χ0n) is 15.7. The van der Waals surface area contributed by atoms with Crippen molar-refractivity contribution in [1.82, 2.24) is 19.9 Å². The fourth-order valence-corrected chi connectivity index (χ4v) is 3.08. The highest BCUT2D eigenvalue weighted by molar-refractivity contribution is 5.77. The van der Waals surface area contributed by atoms with E-state index in [2.05, 4.69) is 15.3 Å². The normalized spacial score (nSPS) is 11.1. The number of aromatic nitrogens is 3. The number of aryl methyl sites for hydroxylation is 2. The van der Waals surface area contributed by atoms with Gasteiger partial charge in [-0.25, -0.2) is 18.7 Å². The molecule has 148 valence electrons. The van der Waals surface area contributed by atoms with Crippen molar-refractivity contribution in [3.05, 3.63) is 72.0 Å². The topological polar surface area (TPSA) is 73.0 Å². The highest BCUT2D eigenvalue weighted by atomic mass is 19.1. The minimum absolute atomic E-state index is 0.122. The number of para-hydroxylation sites is 2. The molecule has 4 rings (SSSR count). The largest absolute Gasteiger partial charge is 0.441 e. The standard InChI is InChI=1S/C21H18F2N4O2/c1-27-17-5-3-2-4-16(17)26-19(27)12-24-20(28)8-9-21-25-11-18(29-21)14-7-6-13(22)10-15(14)23/h2-7,10-11H,8-9,12H2,1H3,(H,24,28). The van der Waals surface area contributed by atoms with Crippen LogP contribution in [0.5, 0.6) is 0 Å². The summed E-state index contributed by atoms with van der Waals surface area (Å²) in [6.07, 6.45) is 1.79. The number of fused-ring (bicyclic) bond motifs is 1. The van der Waals surface area contributed by atoms with Crippen molar-refractivity contribution in [1.29, 1.82) is 0 Å². The number of imidazole rings is 1. The third-order valence-electron chi connectivity index (χ3n) is 4.64. The zero-order valence-corrected chi connectivity index (χ0v) is 15.7. The Hall–Kier alpha value is -3.55. The van der Waals surface area contributed by atoms with Gasteiger partial charge in [0.2, 0.25) is 5.91 Å². The van der Waals surface area contributed by atoms with E-state index in [1.165, 1.54) is 12.3 Å². The number of benzene rings is 2. The molecule has 0 unspecified atom stereocenters. The monoisotopic (exact) mass is 396 g/mol. The molecule has 6 nitrogen and oxygen atoms in total. The van der Waals surface area contributed by atoms with Crippen molar-refractivity contribution >= 4 is 16.9 Å². The van der Waals surface area contributed by atoms with Crippen LogP contribution in [0, 0.1) is 11.6 Å². The summed E-state index contributed by atoms with van der Waals surface area (Å²) >= 11 is 0. The van der Waals surface area contributed by atoms with E-state index < -0.39 is 11.6 Å². The molecular formula is C21H18F2N4O2. The SMILES string of the molecule is Cn1c(CNC(=O)CCc2ncc(-c3ccc(F)cc3F)o2)nc2ccccc21. The van der Waals surface area contributed by atoms with E-state index in [9.17, 15) is 13.6 Å². The molecule has 1 amide bonds. The predicted octanol–water partition coefficient (Wildman–Crippen LogP) is 3.76. The van der Waals surface area contributed by atoms with Crippen LogP contribution in [-0.4, -0.2) is 20.4 Å². The predicted molar refractivity (Wildman–Crippen MR) is 103 cm³/mol. The molecule has 2 aromatic carbocycles. The maximum Gasteiger partial charge on any atom is 0.220 e. The number of rotatable bonds is 6. The van der Waals surface area contributed by atoms with Gasteiger partial charge in [0, 0.05) is 26.0 Å². The van der Waals surface area contributed by atoms with Crippen LogP contribution in [0.15, 0.2) is 53.1 Å². The lowest BCUT2D eigenvalue weighted by atomic mass is 10.2. The molecule has 0 atom stereocenters. The van der Waals surface area contributed by atoms with Gasteiger partial charge in [0.05, 0.1) is 29.3 Å². The maximum absolute atomic E-state index is 13.8. The van der Waals surface area contributed by atoms with Crippen molar-refractivity contribution in [3.63, 3.8) is 0 Å². The van der Waals surface area contributed by atoms with Gasteiger partial charge in [0.1, 0.15) is 17.5 Å².